The Morgan fingerprint density at radius 1 is 0.794 bits per heavy atom. The number of aryl methyl sites for hydroxylation is 1. The molecule has 0 saturated carbocycles. The summed E-state index contributed by atoms with van der Waals surface area (Å²) >= 11 is 0. The molecule has 34 heavy (non-hydrogen) atoms. The third-order valence-corrected chi connectivity index (χ3v) is 5.47. The van der Waals surface area contributed by atoms with Crippen molar-refractivity contribution in [2.45, 2.75) is 54.4 Å². The zero-order valence-corrected chi connectivity index (χ0v) is 21.3. The quantitative estimate of drug-likeness (QED) is 0.215. The largest absolute Gasteiger partial charge is 0.491 e. The fourth-order valence-electron chi connectivity index (χ4n) is 3.66. The molecule has 6 nitrogen and oxygen atoms in total. The Bertz CT molecular complexity index is 911. The molecule has 1 unspecified atom stereocenters. The zero-order chi connectivity index (χ0) is 25.2. The van der Waals surface area contributed by atoms with Gasteiger partial charge < -0.3 is 18.9 Å². The van der Waals surface area contributed by atoms with Crippen LogP contribution in [0.3, 0.4) is 0 Å². The van der Waals surface area contributed by atoms with Crippen LogP contribution in [-0.2, 0) is 14.3 Å². The average Bonchev–Trinajstić information content (AvgIpc) is 2.79. The smallest absolute Gasteiger partial charge is 0.343 e. The molecular formula is C28H38O6. The van der Waals surface area contributed by atoms with Crippen molar-refractivity contribution in [1.29, 1.82) is 0 Å². The van der Waals surface area contributed by atoms with Crippen molar-refractivity contribution >= 4 is 11.9 Å². The van der Waals surface area contributed by atoms with Gasteiger partial charge in [-0.15, -0.1) is 0 Å². The summed E-state index contributed by atoms with van der Waals surface area (Å²) in [6.45, 7) is 13.6. The molecule has 0 radical (unpaired) electrons. The van der Waals surface area contributed by atoms with Gasteiger partial charge in [-0.1, -0.05) is 45.4 Å². The van der Waals surface area contributed by atoms with Crippen LogP contribution in [0.4, 0.5) is 0 Å². The summed E-state index contributed by atoms with van der Waals surface area (Å²) in [7, 11) is 0. The lowest BCUT2D eigenvalue weighted by molar-refractivity contribution is -0.158. The molecule has 0 heterocycles. The molecule has 1 atom stereocenters. The Hall–Kier alpha value is -2.86. The molecule has 0 amide bonds. The maximum atomic E-state index is 12.5. The van der Waals surface area contributed by atoms with E-state index < -0.39 is 11.4 Å². The van der Waals surface area contributed by atoms with E-state index in [2.05, 4.69) is 20.8 Å². The topological polar surface area (TPSA) is 71.1 Å². The highest BCUT2D eigenvalue weighted by Crippen LogP contribution is 2.37. The summed E-state index contributed by atoms with van der Waals surface area (Å²) < 4.78 is 22.0. The monoisotopic (exact) mass is 470 g/mol. The first-order chi connectivity index (χ1) is 16.0. The van der Waals surface area contributed by atoms with Crippen LogP contribution in [0.5, 0.6) is 11.5 Å². The average molecular weight is 471 g/mol. The van der Waals surface area contributed by atoms with E-state index in [0.29, 0.717) is 36.9 Å². The molecule has 0 aliphatic heterocycles. The Morgan fingerprint density at radius 3 is 1.97 bits per heavy atom. The Morgan fingerprint density at radius 2 is 1.38 bits per heavy atom. The summed E-state index contributed by atoms with van der Waals surface area (Å²) in [5, 5.41) is 0. The molecular weight excluding hydrogens is 432 g/mol. The van der Waals surface area contributed by atoms with Crippen molar-refractivity contribution in [3.63, 3.8) is 0 Å². The van der Waals surface area contributed by atoms with Gasteiger partial charge in [-0.2, -0.15) is 0 Å². The van der Waals surface area contributed by atoms with E-state index in [0.717, 1.165) is 18.4 Å². The number of carbonyl (C=O) groups excluding carboxylic acids is 2. The van der Waals surface area contributed by atoms with E-state index in [-0.39, 0.29) is 18.0 Å². The van der Waals surface area contributed by atoms with Crippen molar-refractivity contribution < 1.29 is 28.5 Å². The van der Waals surface area contributed by atoms with Crippen molar-refractivity contribution in [2.75, 3.05) is 26.4 Å². The number of benzene rings is 2. The highest BCUT2D eigenvalue weighted by Gasteiger charge is 2.36. The molecule has 2 aromatic carbocycles. The third kappa shape index (κ3) is 9.18. The second-order valence-corrected chi connectivity index (χ2v) is 9.98. The molecule has 0 aliphatic carbocycles. The fraction of sp³-hybridized carbons (Fsp3) is 0.500. The van der Waals surface area contributed by atoms with E-state index in [9.17, 15) is 9.59 Å². The van der Waals surface area contributed by atoms with Gasteiger partial charge in [0.25, 0.3) is 0 Å². The SMILES string of the molecule is CCC(C)(CC(C)(C)C)C(=O)OCCOCCOc1ccc(C(=O)Oc2ccc(C)cc2)cc1. The lowest BCUT2D eigenvalue weighted by atomic mass is 9.73. The Kier molecular flexibility index (Phi) is 10.1. The first-order valence-corrected chi connectivity index (χ1v) is 11.8. The second kappa shape index (κ2) is 12.6. The van der Waals surface area contributed by atoms with Gasteiger partial charge in [-0.3, -0.25) is 4.79 Å². The summed E-state index contributed by atoms with van der Waals surface area (Å²) in [6, 6.07) is 14.1. The van der Waals surface area contributed by atoms with Crippen molar-refractivity contribution in [3.8, 4) is 11.5 Å². The van der Waals surface area contributed by atoms with Crippen LogP contribution in [0.15, 0.2) is 48.5 Å². The Labute approximate surface area is 203 Å². The fourth-order valence-corrected chi connectivity index (χ4v) is 3.66. The van der Waals surface area contributed by atoms with Gasteiger partial charge in [0.05, 0.1) is 24.2 Å². The lowest BCUT2D eigenvalue weighted by Gasteiger charge is -2.32. The van der Waals surface area contributed by atoms with Gasteiger partial charge in [-0.25, -0.2) is 4.79 Å². The minimum absolute atomic E-state index is 0.0528. The number of carbonyl (C=O) groups is 2. The molecule has 0 spiro atoms. The summed E-state index contributed by atoms with van der Waals surface area (Å²) in [4.78, 5) is 24.8. The van der Waals surface area contributed by atoms with E-state index in [1.807, 2.05) is 32.9 Å². The maximum absolute atomic E-state index is 12.5. The van der Waals surface area contributed by atoms with Crippen LogP contribution >= 0.6 is 0 Å². The summed E-state index contributed by atoms with van der Waals surface area (Å²) in [6.07, 6.45) is 1.51. The number of ether oxygens (including phenoxy) is 4. The van der Waals surface area contributed by atoms with Crippen molar-refractivity contribution in [2.24, 2.45) is 10.8 Å². The predicted molar refractivity (Wildman–Crippen MR) is 132 cm³/mol. The van der Waals surface area contributed by atoms with Crippen LogP contribution in [0, 0.1) is 17.8 Å². The minimum atomic E-state index is -0.486. The highest BCUT2D eigenvalue weighted by molar-refractivity contribution is 5.91. The normalized spacial score (nSPS) is 13.1. The minimum Gasteiger partial charge on any atom is -0.491 e. The lowest BCUT2D eigenvalue weighted by Crippen LogP contribution is -2.34. The maximum Gasteiger partial charge on any atom is 0.343 e. The van der Waals surface area contributed by atoms with Crippen molar-refractivity contribution in [3.05, 3.63) is 59.7 Å². The van der Waals surface area contributed by atoms with Crippen LogP contribution in [0.25, 0.3) is 0 Å². The molecule has 186 valence electrons. The van der Waals surface area contributed by atoms with Gasteiger partial charge in [0.2, 0.25) is 0 Å². The third-order valence-electron chi connectivity index (χ3n) is 5.47. The van der Waals surface area contributed by atoms with Gasteiger partial charge in [0.15, 0.2) is 0 Å². The first-order valence-electron chi connectivity index (χ1n) is 11.8. The van der Waals surface area contributed by atoms with E-state index in [4.69, 9.17) is 18.9 Å². The first kappa shape index (κ1) is 27.4. The van der Waals surface area contributed by atoms with Crippen LogP contribution in [-0.4, -0.2) is 38.4 Å². The molecule has 6 heteroatoms. The summed E-state index contributed by atoms with van der Waals surface area (Å²) in [5.41, 5.74) is 1.11. The number of hydrogen-bond acceptors (Lipinski definition) is 6. The molecule has 2 rings (SSSR count). The number of hydrogen-bond donors (Lipinski definition) is 0. The van der Waals surface area contributed by atoms with Crippen LogP contribution < -0.4 is 9.47 Å². The second-order valence-electron chi connectivity index (χ2n) is 9.98. The van der Waals surface area contributed by atoms with E-state index in [1.54, 1.807) is 36.4 Å². The number of esters is 2. The standard InChI is InChI=1S/C28H38O6/c1-7-28(6,20-27(3,4)5)26(30)33-19-17-31-16-18-32-23-14-10-22(11-15-23)25(29)34-24-12-8-21(2)9-13-24/h8-15H,7,16-20H2,1-6H3. The van der Waals surface area contributed by atoms with Crippen molar-refractivity contribution in [1.82, 2.24) is 0 Å². The predicted octanol–water partition coefficient (Wildman–Crippen LogP) is 6.01. The molecule has 0 aliphatic rings. The zero-order valence-electron chi connectivity index (χ0n) is 21.3. The molecule has 0 N–H and O–H groups in total. The molecule has 0 saturated heterocycles. The summed E-state index contributed by atoms with van der Waals surface area (Å²) in [5.74, 6) is 0.538. The molecule has 0 aromatic heterocycles. The van der Waals surface area contributed by atoms with Crippen LogP contribution in [0.2, 0.25) is 0 Å². The Balaban J connectivity index is 1.65. The highest BCUT2D eigenvalue weighted by atomic mass is 16.6. The molecule has 2 aromatic rings. The van der Waals surface area contributed by atoms with Crippen LogP contribution in [0.1, 0.15) is 63.4 Å². The van der Waals surface area contributed by atoms with Gasteiger partial charge in [0, 0.05) is 0 Å². The van der Waals surface area contributed by atoms with E-state index in [1.165, 1.54) is 0 Å². The van der Waals surface area contributed by atoms with Gasteiger partial charge >= 0.3 is 11.9 Å². The number of rotatable bonds is 12. The van der Waals surface area contributed by atoms with Gasteiger partial charge in [0.1, 0.15) is 24.7 Å². The van der Waals surface area contributed by atoms with Gasteiger partial charge in [-0.05, 0) is 68.5 Å². The molecule has 0 bridgehead atoms. The molecule has 0 fully saturated rings. The van der Waals surface area contributed by atoms with E-state index >= 15 is 0 Å².